The summed E-state index contributed by atoms with van der Waals surface area (Å²) in [5, 5.41) is 3.46. The number of aromatic nitrogens is 2. The maximum absolute atomic E-state index is 5.43. The van der Waals surface area contributed by atoms with E-state index in [-0.39, 0.29) is 6.04 Å². The Morgan fingerprint density at radius 3 is 2.85 bits per heavy atom. The molecule has 0 saturated heterocycles. The predicted molar refractivity (Wildman–Crippen MR) is 82.8 cm³/mol. The van der Waals surface area contributed by atoms with Crippen molar-refractivity contribution in [2.75, 3.05) is 13.7 Å². The Balaban J connectivity index is 2.26. The minimum absolute atomic E-state index is 0.145. The fraction of sp³-hybridized carbons (Fsp3) is 0.333. The Hall–Kier alpha value is -1.46. The van der Waals surface area contributed by atoms with Crippen LogP contribution in [0.3, 0.4) is 0 Å². The standard InChI is InChI=1S/C15H18BrN3O/c1-3-18-14(13-6-7-17-10-19-13)9-11-8-12(16)4-5-15(11)20-2/h4-8,10,14,18H,3,9H2,1-2H3. The van der Waals surface area contributed by atoms with Gasteiger partial charge in [-0.15, -0.1) is 0 Å². The molecule has 0 amide bonds. The molecule has 1 atom stereocenters. The van der Waals surface area contributed by atoms with Gasteiger partial charge in [-0.25, -0.2) is 9.97 Å². The van der Waals surface area contributed by atoms with Crippen molar-refractivity contribution in [1.29, 1.82) is 0 Å². The van der Waals surface area contributed by atoms with Crippen molar-refractivity contribution in [2.24, 2.45) is 0 Å². The first-order valence-electron chi connectivity index (χ1n) is 6.56. The third-order valence-corrected chi connectivity index (χ3v) is 3.57. The van der Waals surface area contributed by atoms with Crippen LogP contribution in [0.2, 0.25) is 0 Å². The summed E-state index contributed by atoms with van der Waals surface area (Å²) in [6, 6.07) is 8.13. The van der Waals surface area contributed by atoms with E-state index < -0.39 is 0 Å². The molecule has 1 heterocycles. The lowest BCUT2D eigenvalue weighted by Gasteiger charge is -2.19. The SMILES string of the molecule is CCNC(Cc1cc(Br)ccc1OC)c1ccncn1. The van der Waals surface area contributed by atoms with E-state index in [1.54, 1.807) is 19.6 Å². The Kier molecular flexibility index (Phi) is 5.49. The van der Waals surface area contributed by atoms with Crippen LogP contribution in [0.25, 0.3) is 0 Å². The van der Waals surface area contributed by atoms with Crippen LogP contribution in [-0.2, 0) is 6.42 Å². The molecule has 0 aliphatic heterocycles. The first-order valence-corrected chi connectivity index (χ1v) is 7.35. The van der Waals surface area contributed by atoms with Gasteiger partial charge in [0, 0.05) is 10.7 Å². The van der Waals surface area contributed by atoms with Gasteiger partial charge in [-0.1, -0.05) is 22.9 Å². The average molecular weight is 336 g/mol. The molecule has 1 aromatic carbocycles. The van der Waals surface area contributed by atoms with Gasteiger partial charge in [0.25, 0.3) is 0 Å². The predicted octanol–water partition coefficient (Wildman–Crippen LogP) is 3.14. The second-order valence-electron chi connectivity index (χ2n) is 4.40. The average Bonchev–Trinajstić information content (AvgIpc) is 2.48. The summed E-state index contributed by atoms with van der Waals surface area (Å²) < 4.78 is 6.48. The van der Waals surface area contributed by atoms with E-state index in [0.717, 1.165) is 34.4 Å². The zero-order valence-electron chi connectivity index (χ0n) is 11.6. The van der Waals surface area contributed by atoms with Crippen molar-refractivity contribution in [2.45, 2.75) is 19.4 Å². The third-order valence-electron chi connectivity index (χ3n) is 3.08. The normalized spacial score (nSPS) is 12.2. The molecule has 0 saturated carbocycles. The highest BCUT2D eigenvalue weighted by atomic mass is 79.9. The molecule has 2 aromatic rings. The minimum atomic E-state index is 0.145. The van der Waals surface area contributed by atoms with Crippen LogP contribution in [0.4, 0.5) is 0 Å². The number of likely N-dealkylation sites (N-methyl/N-ethyl adjacent to an activating group) is 1. The summed E-state index contributed by atoms with van der Waals surface area (Å²) in [6.45, 7) is 2.97. The summed E-state index contributed by atoms with van der Waals surface area (Å²) in [5.41, 5.74) is 2.13. The van der Waals surface area contributed by atoms with Crippen molar-refractivity contribution in [3.63, 3.8) is 0 Å². The van der Waals surface area contributed by atoms with E-state index in [1.165, 1.54) is 0 Å². The molecular formula is C15H18BrN3O. The van der Waals surface area contributed by atoms with Crippen LogP contribution in [0.5, 0.6) is 5.75 Å². The highest BCUT2D eigenvalue weighted by molar-refractivity contribution is 9.10. The summed E-state index contributed by atoms with van der Waals surface area (Å²) in [6.07, 6.45) is 4.16. The number of methoxy groups -OCH3 is 1. The molecule has 1 N–H and O–H groups in total. The molecule has 4 nitrogen and oxygen atoms in total. The van der Waals surface area contributed by atoms with Crippen molar-refractivity contribution in [3.05, 3.63) is 52.5 Å². The van der Waals surface area contributed by atoms with Crippen LogP contribution >= 0.6 is 15.9 Å². The topological polar surface area (TPSA) is 47.0 Å². The van der Waals surface area contributed by atoms with Gasteiger partial charge in [0.2, 0.25) is 0 Å². The van der Waals surface area contributed by atoms with E-state index in [9.17, 15) is 0 Å². The van der Waals surface area contributed by atoms with Gasteiger partial charge >= 0.3 is 0 Å². The molecular weight excluding hydrogens is 318 g/mol. The molecule has 0 aliphatic carbocycles. The van der Waals surface area contributed by atoms with E-state index in [4.69, 9.17) is 4.74 Å². The monoisotopic (exact) mass is 335 g/mol. The number of nitrogens with one attached hydrogen (secondary N) is 1. The van der Waals surface area contributed by atoms with Crippen molar-refractivity contribution in [3.8, 4) is 5.75 Å². The number of nitrogens with zero attached hydrogens (tertiary/aromatic N) is 2. The quantitative estimate of drug-likeness (QED) is 0.880. The Morgan fingerprint density at radius 2 is 2.20 bits per heavy atom. The molecule has 2 rings (SSSR count). The van der Waals surface area contributed by atoms with Crippen molar-refractivity contribution in [1.82, 2.24) is 15.3 Å². The second kappa shape index (κ2) is 7.36. The lowest BCUT2D eigenvalue weighted by atomic mass is 10.0. The van der Waals surface area contributed by atoms with E-state index in [0.29, 0.717) is 0 Å². The van der Waals surface area contributed by atoms with E-state index >= 15 is 0 Å². The number of hydrogen-bond donors (Lipinski definition) is 1. The largest absolute Gasteiger partial charge is 0.496 e. The first kappa shape index (κ1) is 14.9. The van der Waals surface area contributed by atoms with Gasteiger partial charge in [-0.05, 0) is 42.8 Å². The molecule has 20 heavy (non-hydrogen) atoms. The lowest BCUT2D eigenvalue weighted by Crippen LogP contribution is -2.24. The molecule has 0 spiro atoms. The number of rotatable bonds is 6. The maximum Gasteiger partial charge on any atom is 0.122 e. The first-order chi connectivity index (χ1) is 9.74. The van der Waals surface area contributed by atoms with Crippen LogP contribution in [0, 0.1) is 0 Å². The number of halogens is 1. The third kappa shape index (κ3) is 3.77. The molecule has 1 aromatic heterocycles. The van der Waals surface area contributed by atoms with Crippen LogP contribution in [-0.4, -0.2) is 23.6 Å². The molecule has 0 fully saturated rings. The number of benzene rings is 1. The summed E-state index contributed by atoms with van der Waals surface area (Å²) in [4.78, 5) is 8.32. The van der Waals surface area contributed by atoms with Crippen molar-refractivity contribution < 1.29 is 4.74 Å². The Bertz CT molecular complexity index is 548. The summed E-state index contributed by atoms with van der Waals surface area (Å²) in [5.74, 6) is 0.894. The Labute approximate surface area is 127 Å². The van der Waals surface area contributed by atoms with Gasteiger partial charge in [0.15, 0.2) is 0 Å². The molecule has 106 valence electrons. The number of hydrogen-bond acceptors (Lipinski definition) is 4. The maximum atomic E-state index is 5.43. The van der Waals surface area contributed by atoms with Gasteiger partial charge in [0.1, 0.15) is 12.1 Å². The molecule has 0 aliphatic rings. The second-order valence-corrected chi connectivity index (χ2v) is 5.32. The molecule has 5 heteroatoms. The lowest BCUT2D eigenvalue weighted by molar-refractivity contribution is 0.405. The van der Waals surface area contributed by atoms with Gasteiger partial charge < -0.3 is 10.1 Å². The zero-order chi connectivity index (χ0) is 14.4. The van der Waals surface area contributed by atoms with Gasteiger partial charge in [-0.2, -0.15) is 0 Å². The zero-order valence-corrected chi connectivity index (χ0v) is 13.2. The molecule has 0 radical (unpaired) electrons. The van der Waals surface area contributed by atoms with Gasteiger partial charge in [-0.3, -0.25) is 0 Å². The Morgan fingerprint density at radius 1 is 1.35 bits per heavy atom. The molecule has 1 unspecified atom stereocenters. The highest BCUT2D eigenvalue weighted by Gasteiger charge is 2.15. The van der Waals surface area contributed by atoms with Crippen LogP contribution in [0.15, 0.2) is 41.3 Å². The van der Waals surface area contributed by atoms with Crippen LogP contribution < -0.4 is 10.1 Å². The van der Waals surface area contributed by atoms with E-state index in [1.807, 2.05) is 18.2 Å². The molecule has 0 bridgehead atoms. The fourth-order valence-electron chi connectivity index (χ4n) is 2.16. The van der Waals surface area contributed by atoms with Crippen molar-refractivity contribution >= 4 is 15.9 Å². The minimum Gasteiger partial charge on any atom is -0.496 e. The number of ether oxygens (including phenoxy) is 1. The smallest absolute Gasteiger partial charge is 0.122 e. The van der Waals surface area contributed by atoms with Gasteiger partial charge in [0.05, 0.1) is 18.8 Å². The van der Waals surface area contributed by atoms with Crippen LogP contribution in [0.1, 0.15) is 24.2 Å². The fourth-order valence-corrected chi connectivity index (χ4v) is 2.57. The summed E-state index contributed by atoms with van der Waals surface area (Å²) in [7, 11) is 1.69. The highest BCUT2D eigenvalue weighted by Crippen LogP contribution is 2.27. The van der Waals surface area contributed by atoms with E-state index in [2.05, 4.69) is 44.2 Å². The summed E-state index contributed by atoms with van der Waals surface area (Å²) >= 11 is 3.51.